The Morgan fingerprint density at radius 2 is 1.80 bits per heavy atom. The fourth-order valence-electron chi connectivity index (χ4n) is 0.524. The largest absolute Gasteiger partial charge is 0.0834 e. The molecular weight excluding hydrogens is 160 g/mol. The average Bonchev–Trinajstić information content (AvgIpc) is 1.87. The van der Waals surface area contributed by atoms with E-state index in [0.717, 1.165) is 22.1 Å². The van der Waals surface area contributed by atoms with Crippen LogP contribution < -0.4 is 0 Å². The zero-order valence-corrected chi connectivity index (χ0v) is 8.23. The second kappa shape index (κ2) is 4.91. The third-order valence-electron chi connectivity index (χ3n) is 1.07. The highest BCUT2D eigenvalue weighted by Crippen LogP contribution is 2.05. The van der Waals surface area contributed by atoms with Crippen LogP contribution in [0.2, 0.25) is 0 Å². The smallest absolute Gasteiger partial charge is 0.0359 e. The monoisotopic (exact) mass is 172 g/mol. The summed E-state index contributed by atoms with van der Waals surface area (Å²) in [6.45, 7) is 6.02. The predicted molar refractivity (Wildman–Crippen MR) is 54.4 cm³/mol. The van der Waals surface area contributed by atoms with Gasteiger partial charge in [0.15, 0.2) is 0 Å². The van der Waals surface area contributed by atoms with Gasteiger partial charge in [-0.05, 0) is 6.42 Å². The Bertz CT molecular complexity index is 136. The molecule has 0 aromatic rings. The summed E-state index contributed by atoms with van der Waals surface area (Å²) in [5, 5.41) is 0. The Morgan fingerprint density at radius 1 is 1.30 bits per heavy atom. The molecule has 0 N–H and O–H groups in total. The maximum Gasteiger partial charge on any atom is 0.0359 e. The second-order valence-corrected chi connectivity index (χ2v) is 3.15. The Labute approximate surface area is 74.0 Å². The molecule has 56 valence electrons. The molecule has 0 aromatic heterocycles. The maximum absolute atomic E-state index is 5.06. The summed E-state index contributed by atoms with van der Waals surface area (Å²) in [4.78, 5) is 1.65. The van der Waals surface area contributed by atoms with E-state index in [1.54, 1.807) is 0 Å². The Balaban J connectivity index is 3.83. The van der Waals surface area contributed by atoms with Crippen LogP contribution in [0.1, 0.15) is 27.2 Å². The van der Waals surface area contributed by atoms with Crippen molar-refractivity contribution in [3.8, 4) is 0 Å². The van der Waals surface area contributed by atoms with Crippen LogP contribution in [0, 0.1) is 12.3 Å². The lowest BCUT2D eigenvalue weighted by Gasteiger charge is -2.05. The number of rotatable bonds is 4. The molecule has 0 unspecified atom stereocenters. The normalized spacial score (nSPS) is 10.0. The molecule has 0 rings (SSSR count). The van der Waals surface area contributed by atoms with E-state index >= 15 is 0 Å². The van der Waals surface area contributed by atoms with Crippen molar-refractivity contribution in [3.63, 3.8) is 0 Å². The minimum Gasteiger partial charge on any atom is -0.0834 e. The molecule has 0 aliphatic carbocycles. The van der Waals surface area contributed by atoms with E-state index in [0.29, 0.717) is 0 Å². The van der Waals surface area contributed by atoms with Crippen molar-refractivity contribution < 1.29 is 0 Å². The first-order chi connectivity index (χ1) is 4.59. The van der Waals surface area contributed by atoms with Gasteiger partial charge in [0.25, 0.3) is 0 Å². The summed E-state index contributed by atoms with van der Waals surface area (Å²) >= 11 is 10.1. The summed E-state index contributed by atoms with van der Waals surface area (Å²) in [6.07, 6.45) is 2.94. The van der Waals surface area contributed by atoms with Gasteiger partial charge in [0, 0.05) is 22.1 Å². The molecule has 0 fully saturated rings. The maximum atomic E-state index is 5.06. The van der Waals surface area contributed by atoms with Crippen LogP contribution in [0.4, 0.5) is 0 Å². The zero-order valence-electron chi connectivity index (χ0n) is 6.60. The van der Waals surface area contributed by atoms with E-state index in [4.69, 9.17) is 24.4 Å². The first-order valence-electron chi connectivity index (χ1n) is 3.31. The fourth-order valence-corrected chi connectivity index (χ4v) is 0.979. The standard InChI is InChI=1S/C8H12S2/c1-4-5-7(9)8(10)6(2)3/h5H,4H2,1-3H3. The van der Waals surface area contributed by atoms with Gasteiger partial charge in [-0.3, -0.25) is 0 Å². The highest BCUT2D eigenvalue weighted by Gasteiger charge is 2.07. The molecule has 0 nitrogen and oxygen atoms in total. The van der Waals surface area contributed by atoms with Gasteiger partial charge in [-0.15, -0.1) is 0 Å². The van der Waals surface area contributed by atoms with Gasteiger partial charge < -0.3 is 0 Å². The van der Waals surface area contributed by atoms with Gasteiger partial charge in [-0.1, -0.05) is 45.2 Å². The molecule has 0 aliphatic heterocycles. The van der Waals surface area contributed by atoms with Crippen LogP contribution >= 0.6 is 24.4 Å². The van der Waals surface area contributed by atoms with Crippen molar-refractivity contribution in [3.05, 3.63) is 12.3 Å². The lowest BCUT2D eigenvalue weighted by atomic mass is 10.1. The molecule has 0 spiro atoms. The van der Waals surface area contributed by atoms with Crippen molar-refractivity contribution in [2.45, 2.75) is 27.2 Å². The zero-order chi connectivity index (χ0) is 8.15. The second-order valence-electron chi connectivity index (χ2n) is 2.31. The molecule has 0 saturated heterocycles. The Hall–Kier alpha value is 0.180. The van der Waals surface area contributed by atoms with E-state index in [1.165, 1.54) is 0 Å². The quantitative estimate of drug-likeness (QED) is 0.598. The van der Waals surface area contributed by atoms with E-state index < -0.39 is 0 Å². The number of hydrogen-bond acceptors (Lipinski definition) is 2. The fraction of sp³-hybridized carbons (Fsp3) is 0.500. The third-order valence-corrected chi connectivity index (χ3v) is 2.20. The summed E-state index contributed by atoms with van der Waals surface area (Å²) < 4.78 is 0. The average molecular weight is 172 g/mol. The molecule has 0 aliphatic rings. The lowest BCUT2D eigenvalue weighted by molar-refractivity contribution is 1.18. The summed E-state index contributed by atoms with van der Waals surface area (Å²) in [5.74, 6) is 1.13. The molecule has 0 bridgehead atoms. The number of hydrogen-bond donors (Lipinski definition) is 0. The molecule has 2 heteroatoms. The van der Waals surface area contributed by atoms with Crippen LogP contribution in [0.5, 0.6) is 0 Å². The third kappa shape index (κ3) is 3.37. The van der Waals surface area contributed by atoms with Gasteiger partial charge in [0.1, 0.15) is 0 Å². The van der Waals surface area contributed by atoms with Crippen LogP contribution in [0.25, 0.3) is 0 Å². The molecule has 10 heavy (non-hydrogen) atoms. The summed E-state index contributed by atoms with van der Waals surface area (Å²) in [5.41, 5.74) is 0. The van der Waals surface area contributed by atoms with Crippen LogP contribution in [-0.2, 0) is 0 Å². The van der Waals surface area contributed by atoms with Gasteiger partial charge in [-0.2, -0.15) is 0 Å². The van der Waals surface area contributed by atoms with Gasteiger partial charge in [0.05, 0.1) is 0 Å². The minimum absolute atomic E-state index is 0.817. The predicted octanol–water partition coefficient (Wildman–Crippen LogP) is 2.95. The topological polar surface area (TPSA) is 0 Å². The molecule has 0 amide bonds. The molecular formula is C8H12S2. The van der Waals surface area contributed by atoms with Crippen LogP contribution in [-0.4, -0.2) is 9.73 Å². The molecule has 0 heterocycles. The van der Waals surface area contributed by atoms with Crippen LogP contribution in [0.15, 0.2) is 0 Å². The van der Waals surface area contributed by atoms with Crippen molar-refractivity contribution >= 4 is 34.2 Å². The van der Waals surface area contributed by atoms with Gasteiger partial charge in [-0.25, -0.2) is 0 Å². The SMILES string of the molecule is CC[CH]C(=S)C(=S)[C](C)C. The minimum atomic E-state index is 0.817. The lowest BCUT2D eigenvalue weighted by Crippen LogP contribution is -2.13. The molecule has 0 saturated carbocycles. The van der Waals surface area contributed by atoms with Crippen molar-refractivity contribution in [2.24, 2.45) is 0 Å². The number of thiocarbonyl (C=S) groups is 2. The van der Waals surface area contributed by atoms with Crippen molar-refractivity contribution in [2.75, 3.05) is 0 Å². The van der Waals surface area contributed by atoms with E-state index in [2.05, 4.69) is 6.92 Å². The van der Waals surface area contributed by atoms with Crippen LogP contribution in [0.3, 0.4) is 0 Å². The van der Waals surface area contributed by atoms with Crippen molar-refractivity contribution in [1.29, 1.82) is 0 Å². The van der Waals surface area contributed by atoms with E-state index in [-0.39, 0.29) is 0 Å². The molecule has 0 atom stereocenters. The van der Waals surface area contributed by atoms with E-state index in [9.17, 15) is 0 Å². The Morgan fingerprint density at radius 3 is 2.10 bits per heavy atom. The highest BCUT2D eigenvalue weighted by molar-refractivity contribution is 7.89. The van der Waals surface area contributed by atoms with Gasteiger partial charge >= 0.3 is 0 Å². The molecule has 2 radical (unpaired) electrons. The first kappa shape index (κ1) is 10.2. The highest BCUT2D eigenvalue weighted by atomic mass is 32.1. The van der Waals surface area contributed by atoms with Crippen molar-refractivity contribution in [1.82, 2.24) is 0 Å². The summed E-state index contributed by atoms with van der Waals surface area (Å²) in [6, 6.07) is 0. The molecule has 0 aromatic carbocycles. The van der Waals surface area contributed by atoms with Gasteiger partial charge in [0.2, 0.25) is 0 Å². The van der Waals surface area contributed by atoms with E-state index in [1.807, 2.05) is 20.3 Å². The first-order valence-corrected chi connectivity index (χ1v) is 4.13. The Kier molecular flexibility index (Phi) is 5.00. The summed E-state index contributed by atoms with van der Waals surface area (Å²) in [7, 11) is 0.